The van der Waals surface area contributed by atoms with Gasteiger partial charge in [-0.1, -0.05) is 18.2 Å². The van der Waals surface area contributed by atoms with Crippen LogP contribution in [-0.2, 0) is 16.0 Å². The molecule has 3 rings (SSSR count). The molecule has 1 aromatic carbocycles. The molecule has 0 saturated carbocycles. The van der Waals surface area contributed by atoms with E-state index >= 15 is 0 Å². The second-order valence-electron chi connectivity index (χ2n) is 4.19. The standard InChI is InChI=1S/C12H11NO3/c1-13-11(14)8-6-7-4-2-3-5-9(7)16-10(8)12(13)15/h2-5,8,10H,6H2,1H3. The lowest BCUT2D eigenvalue weighted by Gasteiger charge is -2.25. The second-order valence-corrected chi connectivity index (χ2v) is 4.19. The van der Waals surface area contributed by atoms with Gasteiger partial charge in [-0.25, -0.2) is 0 Å². The van der Waals surface area contributed by atoms with Gasteiger partial charge < -0.3 is 4.74 Å². The van der Waals surface area contributed by atoms with Crippen molar-refractivity contribution in [1.82, 2.24) is 4.90 Å². The Morgan fingerprint density at radius 2 is 2.00 bits per heavy atom. The number of benzene rings is 1. The first-order chi connectivity index (χ1) is 7.68. The quantitative estimate of drug-likeness (QED) is 0.598. The van der Waals surface area contributed by atoms with E-state index in [2.05, 4.69) is 0 Å². The van der Waals surface area contributed by atoms with Crippen LogP contribution in [0.25, 0.3) is 0 Å². The molecule has 2 amide bonds. The Bertz CT molecular complexity index is 440. The molecule has 1 saturated heterocycles. The summed E-state index contributed by atoms with van der Waals surface area (Å²) in [6.45, 7) is 0. The molecular formula is C12H11NO3. The van der Waals surface area contributed by atoms with E-state index in [4.69, 9.17) is 4.74 Å². The van der Waals surface area contributed by atoms with E-state index in [1.807, 2.05) is 24.3 Å². The molecule has 0 N–H and O–H groups in total. The van der Waals surface area contributed by atoms with Crippen molar-refractivity contribution >= 4 is 11.8 Å². The first kappa shape index (κ1) is 9.39. The minimum Gasteiger partial charge on any atom is -0.479 e. The first-order valence-electron chi connectivity index (χ1n) is 5.24. The highest BCUT2D eigenvalue weighted by Crippen LogP contribution is 2.35. The fraction of sp³-hybridized carbons (Fsp3) is 0.333. The number of carbonyl (C=O) groups is 2. The molecule has 2 heterocycles. The molecule has 0 radical (unpaired) electrons. The summed E-state index contributed by atoms with van der Waals surface area (Å²) in [6.07, 6.45) is -0.0251. The van der Waals surface area contributed by atoms with Gasteiger partial charge in [-0.3, -0.25) is 14.5 Å². The zero-order chi connectivity index (χ0) is 11.3. The van der Waals surface area contributed by atoms with Crippen LogP contribution in [0.5, 0.6) is 5.75 Å². The van der Waals surface area contributed by atoms with Crippen molar-refractivity contribution < 1.29 is 14.3 Å². The third kappa shape index (κ3) is 1.10. The number of likely N-dealkylation sites (N-methyl/N-ethyl adjacent to an activating group) is 1. The van der Waals surface area contributed by atoms with Crippen LogP contribution in [0, 0.1) is 5.92 Å². The molecule has 0 aliphatic carbocycles. The minimum atomic E-state index is -0.618. The van der Waals surface area contributed by atoms with Crippen molar-refractivity contribution in [2.24, 2.45) is 5.92 Å². The fourth-order valence-corrected chi connectivity index (χ4v) is 2.34. The Hall–Kier alpha value is -1.84. The summed E-state index contributed by atoms with van der Waals surface area (Å²) in [7, 11) is 1.51. The van der Waals surface area contributed by atoms with Gasteiger partial charge in [0, 0.05) is 7.05 Å². The van der Waals surface area contributed by atoms with E-state index in [0.717, 1.165) is 11.3 Å². The number of rotatable bonds is 0. The molecule has 82 valence electrons. The van der Waals surface area contributed by atoms with E-state index in [1.165, 1.54) is 11.9 Å². The third-order valence-corrected chi connectivity index (χ3v) is 3.25. The van der Waals surface area contributed by atoms with Crippen molar-refractivity contribution in [1.29, 1.82) is 0 Å². The molecule has 0 spiro atoms. The van der Waals surface area contributed by atoms with Crippen LogP contribution < -0.4 is 4.74 Å². The summed E-state index contributed by atoms with van der Waals surface area (Å²) >= 11 is 0. The zero-order valence-electron chi connectivity index (χ0n) is 8.84. The van der Waals surface area contributed by atoms with Gasteiger partial charge in [0.2, 0.25) is 5.91 Å². The predicted molar refractivity (Wildman–Crippen MR) is 55.8 cm³/mol. The van der Waals surface area contributed by atoms with Crippen LogP contribution >= 0.6 is 0 Å². The second kappa shape index (κ2) is 3.07. The van der Waals surface area contributed by atoms with Crippen LogP contribution in [0.1, 0.15) is 5.56 Å². The molecule has 16 heavy (non-hydrogen) atoms. The maximum Gasteiger partial charge on any atom is 0.270 e. The molecule has 1 aromatic rings. The lowest BCUT2D eigenvalue weighted by Crippen LogP contribution is -2.35. The molecule has 4 heteroatoms. The van der Waals surface area contributed by atoms with Crippen molar-refractivity contribution in [3.63, 3.8) is 0 Å². The Balaban J connectivity index is 2.03. The summed E-state index contributed by atoms with van der Waals surface area (Å²) < 4.78 is 5.60. The van der Waals surface area contributed by atoms with E-state index in [-0.39, 0.29) is 17.7 Å². The maximum absolute atomic E-state index is 11.8. The smallest absolute Gasteiger partial charge is 0.270 e. The third-order valence-electron chi connectivity index (χ3n) is 3.25. The number of para-hydroxylation sites is 1. The number of ether oxygens (including phenoxy) is 1. The molecule has 0 bridgehead atoms. The van der Waals surface area contributed by atoms with Crippen molar-refractivity contribution in [2.75, 3.05) is 7.05 Å². The Morgan fingerprint density at radius 1 is 1.25 bits per heavy atom. The normalized spacial score (nSPS) is 27.4. The van der Waals surface area contributed by atoms with Crippen LogP contribution in [0.4, 0.5) is 0 Å². The highest BCUT2D eigenvalue weighted by atomic mass is 16.5. The van der Waals surface area contributed by atoms with Crippen LogP contribution in [-0.4, -0.2) is 29.9 Å². The van der Waals surface area contributed by atoms with Gasteiger partial charge in [-0.15, -0.1) is 0 Å². The van der Waals surface area contributed by atoms with Gasteiger partial charge in [0.1, 0.15) is 5.75 Å². The summed E-state index contributed by atoms with van der Waals surface area (Å²) in [5.41, 5.74) is 1.00. The monoisotopic (exact) mass is 217 g/mol. The van der Waals surface area contributed by atoms with Gasteiger partial charge in [-0.05, 0) is 18.1 Å². The van der Waals surface area contributed by atoms with Crippen molar-refractivity contribution in [3.8, 4) is 5.75 Å². The number of fused-ring (bicyclic) bond motifs is 2. The number of carbonyl (C=O) groups excluding carboxylic acids is 2. The molecule has 2 aliphatic heterocycles. The van der Waals surface area contributed by atoms with Crippen molar-refractivity contribution in [3.05, 3.63) is 29.8 Å². The number of likely N-dealkylation sites (tertiary alicyclic amines) is 1. The summed E-state index contributed by atoms with van der Waals surface area (Å²) in [6, 6.07) is 7.54. The molecule has 0 aromatic heterocycles. The number of nitrogens with zero attached hydrogens (tertiary/aromatic N) is 1. The number of amides is 2. The SMILES string of the molecule is CN1C(=O)C2Cc3ccccc3OC2C1=O. The molecular weight excluding hydrogens is 206 g/mol. The Kier molecular flexibility index (Phi) is 1.80. The number of hydrogen-bond acceptors (Lipinski definition) is 3. The van der Waals surface area contributed by atoms with Crippen molar-refractivity contribution in [2.45, 2.75) is 12.5 Å². The number of hydrogen-bond donors (Lipinski definition) is 0. The Labute approximate surface area is 92.8 Å². The van der Waals surface area contributed by atoms with E-state index < -0.39 is 6.10 Å². The lowest BCUT2D eigenvalue weighted by molar-refractivity contribution is -0.138. The van der Waals surface area contributed by atoms with Crippen LogP contribution in [0.3, 0.4) is 0 Å². The summed E-state index contributed by atoms with van der Waals surface area (Å²) in [5, 5.41) is 0. The highest BCUT2D eigenvalue weighted by Gasteiger charge is 2.49. The van der Waals surface area contributed by atoms with Crippen LogP contribution in [0.2, 0.25) is 0 Å². The van der Waals surface area contributed by atoms with E-state index in [9.17, 15) is 9.59 Å². The topological polar surface area (TPSA) is 46.6 Å². The lowest BCUT2D eigenvalue weighted by atomic mass is 9.92. The molecule has 1 fully saturated rings. The largest absolute Gasteiger partial charge is 0.479 e. The van der Waals surface area contributed by atoms with Gasteiger partial charge >= 0.3 is 0 Å². The maximum atomic E-state index is 11.8. The van der Waals surface area contributed by atoms with E-state index in [0.29, 0.717) is 6.42 Å². The van der Waals surface area contributed by atoms with Gasteiger partial charge in [0.25, 0.3) is 5.91 Å². The molecule has 2 unspecified atom stereocenters. The summed E-state index contributed by atoms with van der Waals surface area (Å²) in [4.78, 5) is 24.7. The minimum absolute atomic E-state index is 0.135. The van der Waals surface area contributed by atoms with Gasteiger partial charge in [-0.2, -0.15) is 0 Å². The highest BCUT2D eigenvalue weighted by molar-refractivity contribution is 6.06. The summed E-state index contributed by atoms with van der Waals surface area (Å²) in [5.74, 6) is 0.0154. The fourth-order valence-electron chi connectivity index (χ4n) is 2.34. The van der Waals surface area contributed by atoms with Crippen LogP contribution in [0.15, 0.2) is 24.3 Å². The molecule has 2 aliphatic rings. The zero-order valence-corrected chi connectivity index (χ0v) is 8.84. The molecule has 2 atom stereocenters. The average Bonchev–Trinajstić information content (AvgIpc) is 2.52. The predicted octanol–water partition coefficient (Wildman–Crippen LogP) is 0.605. The first-order valence-corrected chi connectivity index (χ1v) is 5.24. The van der Waals surface area contributed by atoms with Gasteiger partial charge in [0.05, 0.1) is 5.92 Å². The molecule has 4 nitrogen and oxygen atoms in total. The van der Waals surface area contributed by atoms with E-state index in [1.54, 1.807) is 0 Å². The average molecular weight is 217 g/mol. The number of imide groups is 1. The van der Waals surface area contributed by atoms with Gasteiger partial charge in [0.15, 0.2) is 6.10 Å². The Morgan fingerprint density at radius 3 is 2.81 bits per heavy atom.